The van der Waals surface area contributed by atoms with Crippen molar-refractivity contribution in [3.63, 3.8) is 0 Å². The Labute approximate surface area is 206 Å². The second-order valence-electron chi connectivity index (χ2n) is 9.22. The first-order chi connectivity index (χ1) is 17.3. The van der Waals surface area contributed by atoms with Crippen LogP contribution in [0.2, 0.25) is 0 Å². The molecule has 2 atom stereocenters. The fraction of sp³-hybridized carbons (Fsp3) is 0.480. The average molecular weight is 505 g/mol. The van der Waals surface area contributed by atoms with E-state index in [0.29, 0.717) is 25.7 Å². The van der Waals surface area contributed by atoms with Crippen LogP contribution in [-0.4, -0.2) is 63.8 Å². The van der Waals surface area contributed by atoms with Gasteiger partial charge >= 0.3 is 0 Å². The highest BCUT2D eigenvalue weighted by Crippen LogP contribution is 2.32. The Morgan fingerprint density at radius 2 is 1.92 bits per heavy atom. The number of nitrogens with one attached hydrogen (secondary N) is 2. The highest BCUT2D eigenvalue weighted by molar-refractivity contribution is 5.99. The van der Waals surface area contributed by atoms with Crippen LogP contribution in [0.5, 0.6) is 5.75 Å². The lowest BCUT2D eigenvalue weighted by molar-refractivity contribution is 0.0456. The number of hydrogen-bond acceptors (Lipinski definition) is 6. The number of fused-ring (bicyclic) bond motifs is 1. The monoisotopic (exact) mass is 504 g/mol. The molecule has 2 heterocycles. The lowest BCUT2D eigenvalue weighted by Crippen LogP contribution is -2.53. The molecule has 4 N–H and O–H groups in total. The van der Waals surface area contributed by atoms with Crippen LogP contribution in [0.15, 0.2) is 29.2 Å². The number of carbonyl (C=O) groups excluding carboxylic acids is 2. The van der Waals surface area contributed by atoms with Gasteiger partial charge in [-0.05, 0) is 24.8 Å². The zero-order chi connectivity index (χ0) is 25.8. The summed E-state index contributed by atoms with van der Waals surface area (Å²) in [5.74, 6) is -3.50. The Balaban J connectivity index is 1.53. The van der Waals surface area contributed by atoms with E-state index in [1.54, 1.807) is 4.90 Å². The van der Waals surface area contributed by atoms with Gasteiger partial charge in [-0.2, -0.15) is 0 Å². The molecule has 4 rings (SSSR count). The number of aromatic hydroxyl groups is 1. The molecular formula is C25H30F2N4O5. The molecule has 2 aromatic rings. The van der Waals surface area contributed by atoms with Crippen LogP contribution in [0.1, 0.15) is 52.1 Å². The first kappa shape index (κ1) is 25.8. The van der Waals surface area contributed by atoms with Crippen molar-refractivity contribution >= 4 is 11.8 Å². The third-order valence-electron chi connectivity index (χ3n) is 6.96. The van der Waals surface area contributed by atoms with E-state index in [1.807, 2.05) is 0 Å². The Morgan fingerprint density at radius 1 is 1.14 bits per heavy atom. The second-order valence-corrected chi connectivity index (χ2v) is 9.22. The minimum Gasteiger partial charge on any atom is -0.503 e. The standard InChI is InChI=1S/C25H30F2N4O5/c26-17-6-5-15(19(27)11-17)13-29-24(35)18-14-30-8-9-31(25(36)21(30)23(34)22(18)33)20-4-2-1-3-16(20)12-28-7-10-32/h5-6,11,14,16,20,28,32,34H,1-4,7-10,12-13H2,(H,29,35). The van der Waals surface area contributed by atoms with Crippen molar-refractivity contribution in [1.29, 1.82) is 0 Å². The Bertz CT molecular complexity index is 1200. The summed E-state index contributed by atoms with van der Waals surface area (Å²) in [7, 11) is 0. The van der Waals surface area contributed by atoms with Gasteiger partial charge in [0.1, 0.15) is 17.2 Å². The van der Waals surface area contributed by atoms with Gasteiger partial charge in [0.05, 0.1) is 6.61 Å². The topological polar surface area (TPSA) is 124 Å². The number of nitrogens with zero attached hydrogens (tertiary/aromatic N) is 2. The van der Waals surface area contributed by atoms with E-state index in [2.05, 4.69) is 10.6 Å². The molecule has 2 unspecified atom stereocenters. The molecule has 36 heavy (non-hydrogen) atoms. The van der Waals surface area contributed by atoms with Gasteiger partial charge in [-0.3, -0.25) is 14.4 Å². The predicted molar refractivity (Wildman–Crippen MR) is 127 cm³/mol. The van der Waals surface area contributed by atoms with Crippen molar-refractivity contribution in [2.45, 2.75) is 44.8 Å². The maximum absolute atomic E-state index is 13.9. The van der Waals surface area contributed by atoms with Crippen LogP contribution in [0, 0.1) is 17.6 Å². The number of carbonyl (C=O) groups is 2. The summed E-state index contributed by atoms with van der Waals surface area (Å²) >= 11 is 0. The van der Waals surface area contributed by atoms with Gasteiger partial charge in [0.2, 0.25) is 5.43 Å². The van der Waals surface area contributed by atoms with Gasteiger partial charge in [-0.15, -0.1) is 0 Å². The molecule has 1 saturated carbocycles. The van der Waals surface area contributed by atoms with E-state index in [1.165, 1.54) is 16.8 Å². The van der Waals surface area contributed by atoms with E-state index >= 15 is 0 Å². The number of hydrogen-bond donors (Lipinski definition) is 4. The van der Waals surface area contributed by atoms with Crippen LogP contribution >= 0.6 is 0 Å². The van der Waals surface area contributed by atoms with E-state index in [9.17, 15) is 28.3 Å². The molecule has 2 amide bonds. The molecular weight excluding hydrogens is 474 g/mol. The first-order valence-corrected chi connectivity index (χ1v) is 12.1. The SMILES string of the molecule is O=C(NCc1ccc(F)cc1F)c1cn2c(c(O)c1=O)C(=O)N(C1CCCCC1CNCCO)CC2. The van der Waals surface area contributed by atoms with Gasteiger partial charge < -0.3 is 30.3 Å². The molecule has 0 spiro atoms. The number of aromatic nitrogens is 1. The normalized spacial score (nSPS) is 19.8. The lowest BCUT2D eigenvalue weighted by Gasteiger charge is -2.42. The van der Waals surface area contributed by atoms with Crippen molar-refractivity contribution in [2.24, 2.45) is 5.92 Å². The smallest absolute Gasteiger partial charge is 0.274 e. The maximum Gasteiger partial charge on any atom is 0.274 e. The molecule has 1 aliphatic heterocycles. The minimum atomic E-state index is -0.988. The fourth-order valence-corrected chi connectivity index (χ4v) is 5.12. The maximum atomic E-state index is 13.9. The van der Waals surface area contributed by atoms with Crippen LogP contribution < -0.4 is 16.1 Å². The number of amides is 2. The van der Waals surface area contributed by atoms with Gasteiger partial charge in [-0.1, -0.05) is 18.9 Å². The Hall–Kier alpha value is -3.31. The largest absolute Gasteiger partial charge is 0.503 e. The van der Waals surface area contributed by atoms with Crippen molar-refractivity contribution in [1.82, 2.24) is 20.1 Å². The predicted octanol–water partition coefficient (Wildman–Crippen LogP) is 1.36. The zero-order valence-corrected chi connectivity index (χ0v) is 19.8. The average Bonchev–Trinajstić information content (AvgIpc) is 2.86. The quantitative estimate of drug-likeness (QED) is 0.403. The third kappa shape index (κ3) is 5.26. The molecule has 1 aromatic heterocycles. The van der Waals surface area contributed by atoms with Crippen LogP contribution in [0.3, 0.4) is 0 Å². The number of benzene rings is 1. The van der Waals surface area contributed by atoms with Crippen LogP contribution in [-0.2, 0) is 13.1 Å². The Morgan fingerprint density at radius 3 is 2.67 bits per heavy atom. The molecule has 0 bridgehead atoms. The molecule has 9 nitrogen and oxygen atoms in total. The van der Waals surface area contributed by atoms with E-state index in [0.717, 1.165) is 31.7 Å². The second kappa shape index (κ2) is 11.2. The lowest BCUT2D eigenvalue weighted by atomic mass is 9.83. The highest BCUT2D eigenvalue weighted by Gasteiger charge is 2.38. The molecule has 11 heteroatoms. The zero-order valence-electron chi connectivity index (χ0n) is 19.8. The van der Waals surface area contributed by atoms with E-state index < -0.39 is 34.6 Å². The van der Waals surface area contributed by atoms with Crippen LogP contribution in [0.4, 0.5) is 8.78 Å². The van der Waals surface area contributed by atoms with E-state index in [-0.39, 0.29) is 48.5 Å². The molecule has 1 aromatic carbocycles. The van der Waals surface area contributed by atoms with Gasteiger partial charge in [0.15, 0.2) is 11.4 Å². The summed E-state index contributed by atoms with van der Waals surface area (Å²) in [6.45, 7) is 1.51. The highest BCUT2D eigenvalue weighted by atomic mass is 19.1. The molecule has 1 fully saturated rings. The number of pyridine rings is 1. The molecule has 1 aliphatic carbocycles. The van der Waals surface area contributed by atoms with Crippen molar-refractivity contribution in [3.05, 3.63) is 63.1 Å². The summed E-state index contributed by atoms with van der Waals surface area (Å²) < 4.78 is 28.4. The summed E-state index contributed by atoms with van der Waals surface area (Å²) in [4.78, 5) is 40.6. The fourth-order valence-electron chi connectivity index (χ4n) is 5.12. The molecule has 0 radical (unpaired) electrons. The first-order valence-electron chi connectivity index (χ1n) is 12.1. The Kier molecular flexibility index (Phi) is 8.00. The van der Waals surface area contributed by atoms with Gasteiger partial charge in [-0.25, -0.2) is 8.78 Å². The summed E-state index contributed by atoms with van der Waals surface area (Å²) in [6, 6.07) is 2.88. The number of aliphatic hydroxyl groups excluding tert-OH is 1. The van der Waals surface area contributed by atoms with Crippen LogP contribution in [0.25, 0.3) is 0 Å². The summed E-state index contributed by atoms with van der Waals surface area (Å²) in [6.07, 6.45) is 5.00. The summed E-state index contributed by atoms with van der Waals surface area (Å²) in [5, 5.41) is 25.3. The van der Waals surface area contributed by atoms with Gasteiger partial charge in [0.25, 0.3) is 11.8 Å². The minimum absolute atomic E-state index is 0.0267. The molecule has 2 aliphatic rings. The van der Waals surface area contributed by atoms with Crippen molar-refractivity contribution in [3.8, 4) is 5.75 Å². The molecule has 0 saturated heterocycles. The van der Waals surface area contributed by atoms with Gasteiger partial charge in [0, 0.05) is 56.6 Å². The number of rotatable bonds is 8. The number of halogens is 2. The van der Waals surface area contributed by atoms with E-state index in [4.69, 9.17) is 5.11 Å². The summed E-state index contributed by atoms with van der Waals surface area (Å²) in [5.41, 5.74) is -1.48. The number of aliphatic hydroxyl groups is 1. The van der Waals surface area contributed by atoms with Crippen molar-refractivity contribution < 1.29 is 28.6 Å². The third-order valence-corrected chi connectivity index (χ3v) is 6.96. The molecule has 194 valence electrons. The van der Waals surface area contributed by atoms with Crippen molar-refractivity contribution in [2.75, 3.05) is 26.2 Å².